The molecule has 0 aliphatic carbocycles. The SMILES string of the molecule is Cc1ccc(/C=C/C(=O)NNC(=O)c2oc3ccccc3c2C)s1. The Labute approximate surface area is 142 Å². The Balaban J connectivity index is 1.63. The molecular formula is C18H16N2O3S. The molecule has 0 unspecified atom stereocenters. The Morgan fingerprint density at radius 3 is 2.58 bits per heavy atom. The van der Waals surface area contributed by atoms with E-state index < -0.39 is 11.8 Å². The maximum Gasteiger partial charge on any atom is 0.305 e. The van der Waals surface area contributed by atoms with Gasteiger partial charge in [0.2, 0.25) is 0 Å². The van der Waals surface area contributed by atoms with Crippen molar-refractivity contribution in [2.75, 3.05) is 0 Å². The Bertz CT molecular complexity index is 937. The molecule has 0 saturated heterocycles. The number of carbonyl (C=O) groups excluding carboxylic acids is 2. The van der Waals surface area contributed by atoms with Crippen LogP contribution in [0.5, 0.6) is 0 Å². The summed E-state index contributed by atoms with van der Waals surface area (Å²) in [6.07, 6.45) is 3.07. The average molecular weight is 340 g/mol. The highest BCUT2D eigenvalue weighted by molar-refractivity contribution is 7.12. The number of nitrogens with one attached hydrogen (secondary N) is 2. The summed E-state index contributed by atoms with van der Waals surface area (Å²) in [5.74, 6) is -0.713. The molecule has 0 spiro atoms. The highest BCUT2D eigenvalue weighted by Crippen LogP contribution is 2.24. The van der Waals surface area contributed by atoms with Crippen LogP contribution in [0.1, 0.15) is 25.9 Å². The zero-order valence-electron chi connectivity index (χ0n) is 13.3. The number of para-hydroxylation sites is 1. The number of furan rings is 1. The monoisotopic (exact) mass is 340 g/mol. The number of benzene rings is 1. The lowest BCUT2D eigenvalue weighted by Gasteiger charge is -2.03. The number of amides is 2. The summed E-state index contributed by atoms with van der Waals surface area (Å²) in [7, 11) is 0. The average Bonchev–Trinajstić information content (AvgIpc) is 3.15. The van der Waals surface area contributed by atoms with E-state index in [2.05, 4.69) is 10.9 Å². The van der Waals surface area contributed by atoms with Gasteiger partial charge in [0.1, 0.15) is 5.58 Å². The second-order valence-corrected chi connectivity index (χ2v) is 6.60. The van der Waals surface area contributed by atoms with Crippen LogP contribution in [0.25, 0.3) is 17.0 Å². The fourth-order valence-electron chi connectivity index (χ4n) is 2.31. The van der Waals surface area contributed by atoms with E-state index in [0.29, 0.717) is 5.58 Å². The molecule has 2 aromatic heterocycles. The van der Waals surface area contributed by atoms with Crippen molar-refractivity contribution in [3.8, 4) is 0 Å². The number of thiophene rings is 1. The molecular weight excluding hydrogens is 324 g/mol. The first-order chi connectivity index (χ1) is 11.5. The van der Waals surface area contributed by atoms with Crippen molar-refractivity contribution in [2.24, 2.45) is 0 Å². The van der Waals surface area contributed by atoms with Gasteiger partial charge in [-0.3, -0.25) is 20.4 Å². The molecule has 0 saturated carbocycles. The first kappa shape index (κ1) is 16.0. The van der Waals surface area contributed by atoms with Gasteiger partial charge >= 0.3 is 5.91 Å². The smallest absolute Gasteiger partial charge is 0.305 e. The molecule has 0 atom stereocenters. The number of carbonyl (C=O) groups is 2. The minimum atomic E-state index is -0.489. The molecule has 6 heteroatoms. The quantitative estimate of drug-likeness (QED) is 0.565. The highest BCUT2D eigenvalue weighted by atomic mass is 32.1. The van der Waals surface area contributed by atoms with Gasteiger partial charge in [0.05, 0.1) is 0 Å². The predicted molar refractivity (Wildman–Crippen MR) is 94.6 cm³/mol. The lowest BCUT2D eigenvalue weighted by atomic mass is 10.1. The standard InChI is InChI=1S/C18H16N2O3S/c1-11-7-8-13(24-11)9-10-16(21)19-20-18(22)17-12(2)14-5-3-4-6-15(14)23-17/h3-10H,1-2H3,(H,19,21)(H,20,22)/b10-9+. The number of aryl methyl sites for hydroxylation is 2. The van der Waals surface area contributed by atoms with E-state index in [1.807, 2.05) is 44.2 Å². The maximum absolute atomic E-state index is 12.2. The van der Waals surface area contributed by atoms with Gasteiger partial charge in [-0.2, -0.15) is 0 Å². The molecule has 2 heterocycles. The number of hydrazine groups is 1. The zero-order valence-corrected chi connectivity index (χ0v) is 14.1. The molecule has 2 N–H and O–H groups in total. The second kappa shape index (κ2) is 6.72. The predicted octanol–water partition coefficient (Wildman–Crippen LogP) is 3.59. The summed E-state index contributed by atoms with van der Waals surface area (Å²) in [6.45, 7) is 3.81. The summed E-state index contributed by atoms with van der Waals surface area (Å²) < 4.78 is 5.55. The van der Waals surface area contributed by atoms with E-state index in [0.717, 1.165) is 15.8 Å². The summed E-state index contributed by atoms with van der Waals surface area (Å²) in [4.78, 5) is 26.1. The van der Waals surface area contributed by atoms with Crippen LogP contribution in [-0.4, -0.2) is 11.8 Å². The van der Waals surface area contributed by atoms with Gasteiger partial charge in [0.25, 0.3) is 5.91 Å². The van der Waals surface area contributed by atoms with E-state index >= 15 is 0 Å². The molecule has 0 fully saturated rings. The Hall–Kier alpha value is -2.86. The van der Waals surface area contributed by atoms with Crippen molar-refractivity contribution < 1.29 is 14.0 Å². The topological polar surface area (TPSA) is 71.3 Å². The van der Waals surface area contributed by atoms with Gasteiger partial charge in [-0.05, 0) is 38.1 Å². The van der Waals surface area contributed by atoms with Crippen molar-refractivity contribution >= 4 is 40.2 Å². The first-order valence-electron chi connectivity index (χ1n) is 7.37. The van der Waals surface area contributed by atoms with Crippen LogP contribution in [-0.2, 0) is 4.79 Å². The van der Waals surface area contributed by atoms with Crippen LogP contribution in [0.15, 0.2) is 46.9 Å². The molecule has 1 aromatic carbocycles. The number of fused-ring (bicyclic) bond motifs is 1. The van der Waals surface area contributed by atoms with Gasteiger partial charge in [0, 0.05) is 26.8 Å². The molecule has 2 amide bonds. The van der Waals surface area contributed by atoms with Crippen molar-refractivity contribution in [1.82, 2.24) is 10.9 Å². The fraction of sp³-hybridized carbons (Fsp3) is 0.111. The van der Waals surface area contributed by atoms with Crippen molar-refractivity contribution in [3.05, 3.63) is 63.6 Å². The second-order valence-electron chi connectivity index (χ2n) is 5.28. The van der Waals surface area contributed by atoms with Crippen LogP contribution in [0, 0.1) is 13.8 Å². The third-order valence-electron chi connectivity index (χ3n) is 3.51. The van der Waals surface area contributed by atoms with Crippen LogP contribution in [0.3, 0.4) is 0 Å². The lowest BCUT2D eigenvalue weighted by Crippen LogP contribution is -2.40. The van der Waals surface area contributed by atoms with Gasteiger partial charge < -0.3 is 4.42 Å². The number of rotatable bonds is 3. The molecule has 0 aliphatic heterocycles. The van der Waals surface area contributed by atoms with E-state index in [9.17, 15) is 9.59 Å². The summed E-state index contributed by atoms with van der Waals surface area (Å²) in [5.41, 5.74) is 6.09. The minimum Gasteiger partial charge on any atom is -0.451 e. The molecule has 122 valence electrons. The van der Waals surface area contributed by atoms with E-state index in [1.165, 1.54) is 11.0 Å². The molecule has 5 nitrogen and oxygen atoms in total. The molecule has 3 rings (SSSR count). The lowest BCUT2D eigenvalue weighted by molar-refractivity contribution is -0.117. The minimum absolute atomic E-state index is 0.189. The van der Waals surface area contributed by atoms with Crippen LogP contribution in [0.4, 0.5) is 0 Å². The van der Waals surface area contributed by atoms with E-state index in [1.54, 1.807) is 23.5 Å². The third-order valence-corrected chi connectivity index (χ3v) is 4.48. The van der Waals surface area contributed by atoms with Crippen LogP contribution in [0.2, 0.25) is 0 Å². The molecule has 0 aliphatic rings. The maximum atomic E-state index is 12.2. The van der Waals surface area contributed by atoms with Crippen molar-refractivity contribution in [2.45, 2.75) is 13.8 Å². The molecule has 3 aromatic rings. The van der Waals surface area contributed by atoms with Crippen LogP contribution < -0.4 is 10.9 Å². The largest absolute Gasteiger partial charge is 0.451 e. The van der Waals surface area contributed by atoms with E-state index in [-0.39, 0.29) is 5.76 Å². The zero-order chi connectivity index (χ0) is 17.1. The fourth-order valence-corrected chi connectivity index (χ4v) is 3.09. The summed E-state index contributed by atoms with van der Waals surface area (Å²) in [6, 6.07) is 11.3. The number of hydrogen-bond donors (Lipinski definition) is 2. The third kappa shape index (κ3) is 3.38. The number of hydrogen-bond acceptors (Lipinski definition) is 4. The Kier molecular flexibility index (Phi) is 4.48. The Morgan fingerprint density at radius 1 is 1.08 bits per heavy atom. The van der Waals surface area contributed by atoms with Gasteiger partial charge in [-0.25, -0.2) is 0 Å². The van der Waals surface area contributed by atoms with Gasteiger partial charge in [-0.15, -0.1) is 11.3 Å². The first-order valence-corrected chi connectivity index (χ1v) is 8.19. The normalized spacial score (nSPS) is 11.1. The van der Waals surface area contributed by atoms with Crippen LogP contribution >= 0.6 is 11.3 Å². The molecule has 24 heavy (non-hydrogen) atoms. The van der Waals surface area contributed by atoms with E-state index in [4.69, 9.17) is 4.42 Å². The van der Waals surface area contributed by atoms with Gasteiger partial charge in [-0.1, -0.05) is 18.2 Å². The Morgan fingerprint density at radius 2 is 1.88 bits per heavy atom. The van der Waals surface area contributed by atoms with Crippen molar-refractivity contribution in [1.29, 1.82) is 0 Å². The highest BCUT2D eigenvalue weighted by Gasteiger charge is 2.17. The summed E-state index contributed by atoms with van der Waals surface area (Å²) in [5, 5.41) is 0.877. The van der Waals surface area contributed by atoms with Gasteiger partial charge in [0.15, 0.2) is 5.76 Å². The molecule has 0 bridgehead atoms. The summed E-state index contributed by atoms with van der Waals surface area (Å²) >= 11 is 1.59. The molecule has 0 radical (unpaired) electrons. The van der Waals surface area contributed by atoms with Crippen molar-refractivity contribution in [3.63, 3.8) is 0 Å².